The molecule has 2 rings (SSSR count). The van der Waals surface area contributed by atoms with Gasteiger partial charge in [-0.3, -0.25) is 4.79 Å². The molecular weight excluding hydrogens is 294 g/mol. The number of nitrogens with zero attached hydrogens (tertiary/aromatic N) is 1. The smallest absolute Gasteiger partial charge is 0.260 e. The van der Waals surface area contributed by atoms with Crippen molar-refractivity contribution in [3.8, 4) is 5.75 Å². The highest BCUT2D eigenvalue weighted by molar-refractivity contribution is 7.16. The first-order valence-corrected chi connectivity index (χ1v) is 7.58. The van der Waals surface area contributed by atoms with Crippen molar-refractivity contribution in [3.63, 3.8) is 0 Å². The van der Waals surface area contributed by atoms with Crippen molar-refractivity contribution >= 4 is 28.8 Å². The van der Waals surface area contributed by atoms with Crippen LogP contribution in [0.2, 0.25) is 4.34 Å². The van der Waals surface area contributed by atoms with Gasteiger partial charge in [-0.1, -0.05) is 29.8 Å². The summed E-state index contributed by atoms with van der Waals surface area (Å²) in [6.45, 7) is 3.23. The number of hydrogen-bond acceptors (Lipinski definition) is 3. The minimum absolute atomic E-state index is 0.0270. The Morgan fingerprint density at radius 2 is 2.00 bits per heavy atom. The van der Waals surface area contributed by atoms with Gasteiger partial charge in [0.15, 0.2) is 6.61 Å². The fourth-order valence-electron chi connectivity index (χ4n) is 1.75. The van der Waals surface area contributed by atoms with Crippen molar-refractivity contribution in [2.75, 3.05) is 13.2 Å². The summed E-state index contributed by atoms with van der Waals surface area (Å²) in [7, 11) is 0. The molecule has 1 heterocycles. The van der Waals surface area contributed by atoms with Crippen LogP contribution in [-0.2, 0) is 11.3 Å². The van der Waals surface area contributed by atoms with Crippen LogP contribution in [0.25, 0.3) is 0 Å². The number of halogens is 1. The van der Waals surface area contributed by atoms with Crippen molar-refractivity contribution in [3.05, 3.63) is 51.7 Å². The van der Waals surface area contributed by atoms with Crippen LogP contribution in [-0.4, -0.2) is 24.0 Å². The Hall–Kier alpha value is -1.52. The van der Waals surface area contributed by atoms with E-state index in [4.69, 9.17) is 16.3 Å². The van der Waals surface area contributed by atoms with Gasteiger partial charge in [-0.2, -0.15) is 0 Å². The molecule has 3 nitrogen and oxygen atoms in total. The number of hydrogen-bond donors (Lipinski definition) is 0. The number of ether oxygens (including phenoxy) is 1. The molecule has 0 N–H and O–H groups in total. The molecule has 0 aliphatic rings. The summed E-state index contributed by atoms with van der Waals surface area (Å²) < 4.78 is 6.22. The van der Waals surface area contributed by atoms with Crippen molar-refractivity contribution < 1.29 is 9.53 Å². The molecule has 2 aromatic rings. The van der Waals surface area contributed by atoms with Gasteiger partial charge in [0.2, 0.25) is 0 Å². The van der Waals surface area contributed by atoms with Gasteiger partial charge in [0.1, 0.15) is 5.75 Å². The quantitative estimate of drug-likeness (QED) is 0.811. The highest BCUT2D eigenvalue weighted by Gasteiger charge is 2.13. The maximum Gasteiger partial charge on any atom is 0.260 e. The third-order valence-electron chi connectivity index (χ3n) is 2.82. The zero-order chi connectivity index (χ0) is 14.4. The molecule has 106 valence electrons. The summed E-state index contributed by atoms with van der Waals surface area (Å²) in [5.41, 5.74) is 0. The molecule has 5 heteroatoms. The Balaban J connectivity index is 1.89. The molecule has 0 spiro atoms. The van der Waals surface area contributed by atoms with Gasteiger partial charge < -0.3 is 9.64 Å². The summed E-state index contributed by atoms with van der Waals surface area (Å²) in [6.07, 6.45) is 0. The van der Waals surface area contributed by atoms with E-state index < -0.39 is 0 Å². The zero-order valence-electron chi connectivity index (χ0n) is 11.2. The van der Waals surface area contributed by atoms with Gasteiger partial charge in [0.05, 0.1) is 10.9 Å². The van der Waals surface area contributed by atoms with Crippen LogP contribution in [0.4, 0.5) is 0 Å². The second-order valence-electron chi connectivity index (χ2n) is 4.22. The molecule has 1 aromatic carbocycles. The first-order chi connectivity index (χ1) is 9.69. The van der Waals surface area contributed by atoms with Gasteiger partial charge in [-0.15, -0.1) is 11.3 Å². The summed E-state index contributed by atoms with van der Waals surface area (Å²) in [6, 6.07) is 13.1. The lowest BCUT2D eigenvalue weighted by Gasteiger charge is -2.20. The molecule has 0 unspecified atom stereocenters. The number of para-hydroxylation sites is 1. The second kappa shape index (κ2) is 7.31. The largest absolute Gasteiger partial charge is 0.484 e. The maximum absolute atomic E-state index is 12.1. The third-order valence-corrected chi connectivity index (χ3v) is 4.03. The zero-order valence-corrected chi connectivity index (χ0v) is 12.8. The Morgan fingerprint density at radius 1 is 1.25 bits per heavy atom. The van der Waals surface area contributed by atoms with E-state index in [1.54, 1.807) is 4.90 Å². The molecule has 0 saturated carbocycles. The SMILES string of the molecule is CCN(Cc1ccc(Cl)s1)C(=O)COc1ccccc1. The van der Waals surface area contributed by atoms with Crippen molar-refractivity contribution in [1.82, 2.24) is 4.90 Å². The Morgan fingerprint density at radius 3 is 2.60 bits per heavy atom. The van der Waals surface area contributed by atoms with E-state index >= 15 is 0 Å². The first-order valence-electron chi connectivity index (χ1n) is 6.39. The van der Waals surface area contributed by atoms with E-state index in [0.29, 0.717) is 18.8 Å². The second-order valence-corrected chi connectivity index (χ2v) is 6.02. The van der Waals surface area contributed by atoms with Gasteiger partial charge in [-0.25, -0.2) is 0 Å². The highest BCUT2D eigenvalue weighted by atomic mass is 35.5. The summed E-state index contributed by atoms with van der Waals surface area (Å²) in [5.74, 6) is 0.678. The normalized spacial score (nSPS) is 10.3. The predicted octanol–water partition coefficient (Wildman–Crippen LogP) is 3.83. The van der Waals surface area contributed by atoms with E-state index in [1.807, 2.05) is 49.4 Å². The number of carbonyl (C=O) groups excluding carboxylic acids is 1. The van der Waals surface area contributed by atoms with Crippen LogP contribution in [0.3, 0.4) is 0 Å². The van der Waals surface area contributed by atoms with Crippen molar-refractivity contribution in [2.45, 2.75) is 13.5 Å². The van der Waals surface area contributed by atoms with Crippen LogP contribution < -0.4 is 4.74 Å². The Kier molecular flexibility index (Phi) is 5.44. The minimum Gasteiger partial charge on any atom is -0.484 e. The summed E-state index contributed by atoms with van der Waals surface area (Å²) in [4.78, 5) is 15.0. The number of benzene rings is 1. The predicted molar refractivity (Wildman–Crippen MR) is 82.4 cm³/mol. The van der Waals surface area contributed by atoms with Crippen LogP contribution in [0, 0.1) is 0 Å². The molecule has 0 fully saturated rings. The molecule has 1 aromatic heterocycles. The molecule has 0 atom stereocenters. The highest BCUT2D eigenvalue weighted by Crippen LogP contribution is 2.22. The standard InChI is InChI=1S/C15H16ClNO2S/c1-2-17(10-13-8-9-14(16)20-13)15(18)11-19-12-6-4-3-5-7-12/h3-9H,2,10-11H2,1H3. The van der Waals surface area contributed by atoms with Crippen LogP contribution in [0.5, 0.6) is 5.75 Å². The molecule has 0 saturated heterocycles. The molecule has 0 aliphatic carbocycles. The van der Waals surface area contributed by atoms with Crippen molar-refractivity contribution in [2.24, 2.45) is 0 Å². The van der Waals surface area contributed by atoms with Gasteiger partial charge in [-0.05, 0) is 31.2 Å². The fourth-order valence-corrected chi connectivity index (χ4v) is 2.86. The van der Waals surface area contributed by atoms with Gasteiger partial charge in [0.25, 0.3) is 5.91 Å². The lowest BCUT2D eigenvalue weighted by Crippen LogP contribution is -2.34. The average molecular weight is 310 g/mol. The number of carbonyl (C=O) groups is 1. The lowest BCUT2D eigenvalue weighted by molar-refractivity contribution is -0.133. The number of rotatable bonds is 6. The monoisotopic (exact) mass is 309 g/mol. The number of likely N-dealkylation sites (N-methyl/N-ethyl adjacent to an activating group) is 1. The number of amides is 1. The lowest BCUT2D eigenvalue weighted by atomic mass is 10.3. The molecule has 0 radical (unpaired) electrons. The third kappa shape index (κ3) is 4.25. The summed E-state index contributed by atoms with van der Waals surface area (Å²) in [5, 5.41) is 0. The average Bonchev–Trinajstić information content (AvgIpc) is 2.88. The van der Waals surface area contributed by atoms with E-state index in [2.05, 4.69) is 0 Å². The van der Waals surface area contributed by atoms with Crippen LogP contribution in [0.1, 0.15) is 11.8 Å². The summed E-state index contributed by atoms with van der Waals surface area (Å²) >= 11 is 7.39. The maximum atomic E-state index is 12.1. The Labute approximate surface area is 127 Å². The van der Waals surface area contributed by atoms with Gasteiger partial charge in [0, 0.05) is 11.4 Å². The Bertz CT molecular complexity index is 556. The molecule has 20 heavy (non-hydrogen) atoms. The minimum atomic E-state index is -0.0270. The van der Waals surface area contributed by atoms with E-state index in [0.717, 1.165) is 9.21 Å². The van der Waals surface area contributed by atoms with Crippen molar-refractivity contribution in [1.29, 1.82) is 0 Å². The first kappa shape index (κ1) is 14.9. The number of thiophene rings is 1. The van der Waals surface area contributed by atoms with E-state index in [-0.39, 0.29) is 12.5 Å². The fraction of sp³-hybridized carbons (Fsp3) is 0.267. The van der Waals surface area contributed by atoms with Crippen LogP contribution >= 0.6 is 22.9 Å². The molecular formula is C15H16ClNO2S. The molecule has 0 bridgehead atoms. The molecule has 1 amide bonds. The van der Waals surface area contributed by atoms with Crippen LogP contribution in [0.15, 0.2) is 42.5 Å². The van der Waals surface area contributed by atoms with E-state index in [1.165, 1.54) is 11.3 Å². The van der Waals surface area contributed by atoms with Gasteiger partial charge >= 0.3 is 0 Å². The molecule has 0 aliphatic heterocycles. The van der Waals surface area contributed by atoms with E-state index in [9.17, 15) is 4.79 Å². The topological polar surface area (TPSA) is 29.5 Å².